The summed E-state index contributed by atoms with van der Waals surface area (Å²) in [5.41, 5.74) is 1.53. The van der Waals surface area contributed by atoms with Crippen LogP contribution in [-0.2, 0) is 16.1 Å². The molecule has 4 nitrogen and oxygen atoms in total. The standard InChI is InChI=1S/C11H13NO3S/c1-2-10(13)15-7-8-3-5-9(6-4-8)12-11(14)16/h3-6H,2,7H2,1H3,(H2,12,14,16). The number of nitrogens with one attached hydrogen (secondary N) is 1. The molecule has 0 radical (unpaired) electrons. The van der Waals surface area contributed by atoms with Gasteiger partial charge in [0.2, 0.25) is 0 Å². The number of rotatable bonds is 4. The first kappa shape index (κ1) is 12.6. The molecular formula is C11H13NO3S. The van der Waals surface area contributed by atoms with E-state index in [-0.39, 0.29) is 12.6 Å². The lowest BCUT2D eigenvalue weighted by atomic mass is 10.2. The molecule has 0 aromatic heterocycles. The summed E-state index contributed by atoms with van der Waals surface area (Å²) in [7, 11) is 0. The molecule has 1 aromatic rings. The number of thiol groups is 1. The lowest BCUT2D eigenvalue weighted by Crippen LogP contribution is -2.03. The molecule has 0 spiro atoms. The second-order valence-electron chi connectivity index (χ2n) is 3.14. The fourth-order valence-corrected chi connectivity index (χ4v) is 1.20. The van der Waals surface area contributed by atoms with Gasteiger partial charge in [-0.1, -0.05) is 31.7 Å². The first-order chi connectivity index (χ1) is 7.61. The highest BCUT2D eigenvalue weighted by Gasteiger charge is 2.00. The zero-order chi connectivity index (χ0) is 12.0. The Morgan fingerprint density at radius 3 is 2.44 bits per heavy atom. The van der Waals surface area contributed by atoms with Crippen molar-refractivity contribution in [3.63, 3.8) is 0 Å². The largest absolute Gasteiger partial charge is 0.461 e. The summed E-state index contributed by atoms with van der Waals surface area (Å²) in [4.78, 5) is 21.5. The SMILES string of the molecule is CCC(=O)OCc1ccc(NC(=O)S)cc1. The third-order valence-corrected chi connectivity index (χ3v) is 2.01. The summed E-state index contributed by atoms with van der Waals surface area (Å²) < 4.78 is 4.96. The molecule has 5 heteroatoms. The predicted octanol–water partition coefficient (Wildman–Crippen LogP) is 2.60. The molecule has 0 aliphatic heterocycles. The van der Waals surface area contributed by atoms with Crippen LogP contribution in [0.1, 0.15) is 18.9 Å². The highest BCUT2D eigenvalue weighted by atomic mass is 32.1. The molecule has 0 atom stereocenters. The van der Waals surface area contributed by atoms with Crippen LogP contribution in [-0.4, -0.2) is 11.2 Å². The molecule has 0 aliphatic rings. The van der Waals surface area contributed by atoms with Gasteiger partial charge in [0.15, 0.2) is 0 Å². The number of hydrogen-bond donors (Lipinski definition) is 2. The summed E-state index contributed by atoms with van der Waals surface area (Å²) >= 11 is 3.60. The van der Waals surface area contributed by atoms with Gasteiger partial charge < -0.3 is 10.1 Å². The smallest absolute Gasteiger partial charge is 0.305 e. The fraction of sp³-hybridized carbons (Fsp3) is 0.273. The molecule has 0 bridgehead atoms. The number of hydrogen-bond acceptors (Lipinski definition) is 3. The predicted molar refractivity (Wildman–Crippen MR) is 64.5 cm³/mol. The molecule has 1 amide bonds. The molecule has 1 N–H and O–H groups in total. The molecule has 1 aromatic carbocycles. The van der Waals surface area contributed by atoms with E-state index in [1.807, 2.05) is 0 Å². The van der Waals surface area contributed by atoms with E-state index in [2.05, 4.69) is 17.9 Å². The monoisotopic (exact) mass is 239 g/mol. The topological polar surface area (TPSA) is 55.4 Å². The van der Waals surface area contributed by atoms with Crippen LogP contribution in [0.25, 0.3) is 0 Å². The van der Waals surface area contributed by atoms with Crippen molar-refractivity contribution < 1.29 is 14.3 Å². The van der Waals surface area contributed by atoms with Gasteiger partial charge in [0, 0.05) is 12.1 Å². The highest BCUT2D eigenvalue weighted by Crippen LogP contribution is 2.11. The summed E-state index contributed by atoms with van der Waals surface area (Å²) in [6, 6.07) is 7.01. The van der Waals surface area contributed by atoms with Crippen molar-refractivity contribution in [3.8, 4) is 0 Å². The van der Waals surface area contributed by atoms with Crippen LogP contribution in [0.15, 0.2) is 24.3 Å². The molecule has 16 heavy (non-hydrogen) atoms. The minimum absolute atomic E-state index is 0.229. The van der Waals surface area contributed by atoms with Gasteiger partial charge in [0.25, 0.3) is 5.24 Å². The summed E-state index contributed by atoms with van der Waals surface area (Å²) in [5.74, 6) is -0.229. The van der Waals surface area contributed by atoms with Crippen LogP contribution in [0.3, 0.4) is 0 Å². The Kier molecular flexibility index (Phi) is 4.85. The lowest BCUT2D eigenvalue weighted by molar-refractivity contribution is -0.144. The van der Waals surface area contributed by atoms with E-state index in [1.54, 1.807) is 31.2 Å². The molecule has 0 saturated carbocycles. The van der Waals surface area contributed by atoms with Gasteiger partial charge in [-0.05, 0) is 17.7 Å². The van der Waals surface area contributed by atoms with Gasteiger partial charge in [-0.15, -0.1) is 0 Å². The zero-order valence-corrected chi connectivity index (χ0v) is 9.79. The molecule has 86 valence electrons. The lowest BCUT2D eigenvalue weighted by Gasteiger charge is -2.05. The zero-order valence-electron chi connectivity index (χ0n) is 8.90. The number of carbonyl (C=O) groups is 2. The Labute approximate surface area is 99.4 Å². The number of esters is 1. The van der Waals surface area contributed by atoms with E-state index < -0.39 is 5.24 Å². The van der Waals surface area contributed by atoms with Gasteiger partial charge in [-0.3, -0.25) is 9.59 Å². The van der Waals surface area contributed by atoms with E-state index in [0.29, 0.717) is 12.1 Å². The first-order valence-corrected chi connectivity index (χ1v) is 5.31. The highest BCUT2D eigenvalue weighted by molar-refractivity contribution is 7.96. The molecule has 1 rings (SSSR count). The molecule has 0 fully saturated rings. The Bertz CT molecular complexity index is 375. The molecule has 0 aliphatic carbocycles. The van der Waals surface area contributed by atoms with E-state index in [4.69, 9.17) is 4.74 Å². The second kappa shape index (κ2) is 6.17. The first-order valence-electron chi connectivity index (χ1n) is 4.86. The van der Waals surface area contributed by atoms with Gasteiger partial charge in [0.05, 0.1) is 0 Å². The van der Waals surface area contributed by atoms with Crippen LogP contribution in [0, 0.1) is 0 Å². The number of amides is 1. The van der Waals surface area contributed by atoms with Crippen LogP contribution < -0.4 is 5.32 Å². The fourth-order valence-electron chi connectivity index (χ4n) is 1.07. The van der Waals surface area contributed by atoms with E-state index in [1.165, 1.54) is 0 Å². The van der Waals surface area contributed by atoms with Gasteiger partial charge >= 0.3 is 5.97 Å². The summed E-state index contributed by atoms with van der Waals surface area (Å²) in [5, 5.41) is 2.11. The third kappa shape index (κ3) is 4.35. The molecular weight excluding hydrogens is 226 g/mol. The average molecular weight is 239 g/mol. The summed E-state index contributed by atoms with van der Waals surface area (Å²) in [6.07, 6.45) is 0.369. The van der Waals surface area contributed by atoms with Crippen molar-refractivity contribution in [3.05, 3.63) is 29.8 Å². The Hall–Kier alpha value is -1.49. The van der Waals surface area contributed by atoms with Crippen molar-refractivity contribution in [2.45, 2.75) is 20.0 Å². The third-order valence-electron chi connectivity index (χ3n) is 1.89. The number of carbonyl (C=O) groups excluding carboxylic acids is 2. The van der Waals surface area contributed by atoms with E-state index in [0.717, 1.165) is 5.56 Å². The van der Waals surface area contributed by atoms with Crippen molar-refractivity contribution in [1.29, 1.82) is 0 Å². The van der Waals surface area contributed by atoms with Gasteiger partial charge in [-0.2, -0.15) is 0 Å². The quantitative estimate of drug-likeness (QED) is 0.627. The molecule has 0 saturated heterocycles. The number of benzene rings is 1. The minimum Gasteiger partial charge on any atom is -0.461 e. The maximum absolute atomic E-state index is 10.9. The van der Waals surface area contributed by atoms with Crippen molar-refractivity contribution in [1.82, 2.24) is 0 Å². The normalized spacial score (nSPS) is 9.62. The van der Waals surface area contributed by atoms with E-state index >= 15 is 0 Å². The minimum atomic E-state index is -0.412. The Morgan fingerprint density at radius 2 is 1.94 bits per heavy atom. The number of ether oxygens (including phenoxy) is 1. The second-order valence-corrected chi connectivity index (χ2v) is 3.55. The van der Waals surface area contributed by atoms with Crippen molar-refractivity contribution in [2.75, 3.05) is 5.32 Å². The van der Waals surface area contributed by atoms with Crippen molar-refractivity contribution >= 4 is 29.5 Å². The van der Waals surface area contributed by atoms with Crippen LogP contribution >= 0.6 is 12.6 Å². The van der Waals surface area contributed by atoms with Gasteiger partial charge in [0.1, 0.15) is 6.61 Å². The van der Waals surface area contributed by atoms with E-state index in [9.17, 15) is 9.59 Å². The van der Waals surface area contributed by atoms with Crippen LogP contribution in [0.5, 0.6) is 0 Å². The van der Waals surface area contributed by atoms with Gasteiger partial charge in [-0.25, -0.2) is 0 Å². The maximum atomic E-state index is 10.9. The molecule has 0 unspecified atom stereocenters. The Balaban J connectivity index is 2.51. The van der Waals surface area contributed by atoms with Crippen LogP contribution in [0.4, 0.5) is 10.5 Å². The maximum Gasteiger partial charge on any atom is 0.305 e. The van der Waals surface area contributed by atoms with Crippen LogP contribution in [0.2, 0.25) is 0 Å². The Morgan fingerprint density at radius 1 is 1.31 bits per heavy atom. The summed E-state index contributed by atoms with van der Waals surface area (Å²) in [6.45, 7) is 2.00. The number of anilines is 1. The van der Waals surface area contributed by atoms with Crippen molar-refractivity contribution in [2.24, 2.45) is 0 Å². The average Bonchev–Trinajstić information content (AvgIpc) is 2.27. The molecule has 0 heterocycles.